The highest BCUT2D eigenvalue weighted by Crippen LogP contribution is 2.43. The molecule has 0 bridgehead atoms. The van der Waals surface area contributed by atoms with E-state index in [4.69, 9.17) is 9.42 Å². The van der Waals surface area contributed by atoms with Crippen molar-refractivity contribution in [1.29, 1.82) is 0 Å². The van der Waals surface area contributed by atoms with Crippen LogP contribution in [0.3, 0.4) is 0 Å². The van der Waals surface area contributed by atoms with Gasteiger partial charge in [-0.1, -0.05) is 27.2 Å². The molecule has 0 heterocycles. The molecule has 0 amide bonds. The van der Waals surface area contributed by atoms with Crippen LogP contribution in [0.25, 0.3) is 0 Å². The summed E-state index contributed by atoms with van der Waals surface area (Å²) in [5, 5.41) is 0. The van der Waals surface area contributed by atoms with Gasteiger partial charge in [-0.3, -0.25) is 9.05 Å². The Morgan fingerprint density at radius 2 is 2.00 bits per heavy atom. The monoisotopic (exact) mass is 210 g/mol. The van der Waals surface area contributed by atoms with Gasteiger partial charge in [0.25, 0.3) is 0 Å². The molecule has 2 atom stereocenters. The molecule has 0 saturated carbocycles. The molecule has 0 aromatic carbocycles. The van der Waals surface area contributed by atoms with Gasteiger partial charge in [0.15, 0.2) is 0 Å². The zero-order chi connectivity index (χ0) is 10.3. The third kappa shape index (κ3) is 7.20. The van der Waals surface area contributed by atoms with E-state index < -0.39 is 7.82 Å². The first kappa shape index (κ1) is 13.1. The second-order valence-corrected chi connectivity index (χ2v) is 4.56. The third-order valence-corrected chi connectivity index (χ3v) is 2.66. The highest BCUT2D eigenvalue weighted by atomic mass is 31.2. The molecule has 0 fully saturated rings. The van der Waals surface area contributed by atoms with Gasteiger partial charge in [0.05, 0.1) is 13.2 Å². The van der Waals surface area contributed by atoms with Gasteiger partial charge in [-0.2, -0.15) is 0 Å². The molecule has 0 aliphatic rings. The molecule has 13 heavy (non-hydrogen) atoms. The highest BCUT2D eigenvalue weighted by molar-refractivity contribution is 7.47. The van der Waals surface area contributed by atoms with Crippen molar-refractivity contribution in [3.8, 4) is 0 Å². The average Bonchev–Trinajstić information content (AvgIpc) is 2.11. The second-order valence-electron chi connectivity index (χ2n) is 3.11. The van der Waals surface area contributed by atoms with Crippen LogP contribution in [-0.2, 0) is 13.6 Å². The van der Waals surface area contributed by atoms with Gasteiger partial charge in [-0.05, 0) is 12.3 Å². The van der Waals surface area contributed by atoms with Crippen LogP contribution >= 0.6 is 7.82 Å². The van der Waals surface area contributed by atoms with E-state index in [9.17, 15) is 4.57 Å². The summed E-state index contributed by atoms with van der Waals surface area (Å²) in [6.45, 7) is 6.36. The highest BCUT2D eigenvalue weighted by Gasteiger charge is 2.20. The zero-order valence-corrected chi connectivity index (χ0v) is 9.42. The summed E-state index contributed by atoms with van der Waals surface area (Å²) in [7, 11) is -3.78. The normalized spacial score (nSPS) is 18.2. The molecular formula is C8H19O4P. The molecule has 5 heteroatoms. The first-order valence-corrected chi connectivity index (χ1v) is 6.13. The van der Waals surface area contributed by atoms with Gasteiger partial charge in [-0.15, -0.1) is 0 Å². The average molecular weight is 210 g/mol. The van der Waals surface area contributed by atoms with Crippen molar-refractivity contribution in [2.75, 3.05) is 13.2 Å². The largest absolute Gasteiger partial charge is 0.472 e. The van der Waals surface area contributed by atoms with E-state index >= 15 is 0 Å². The van der Waals surface area contributed by atoms with Gasteiger partial charge in [0, 0.05) is 0 Å². The first-order valence-electron chi connectivity index (χ1n) is 4.63. The van der Waals surface area contributed by atoms with Crippen molar-refractivity contribution in [1.82, 2.24) is 0 Å². The number of hydrogen-bond acceptors (Lipinski definition) is 3. The molecule has 0 saturated heterocycles. The third-order valence-electron chi connectivity index (χ3n) is 1.68. The minimum absolute atomic E-state index is 0.258. The van der Waals surface area contributed by atoms with Crippen LogP contribution < -0.4 is 0 Å². The maximum atomic E-state index is 11.1. The van der Waals surface area contributed by atoms with Crippen LogP contribution in [0.1, 0.15) is 33.6 Å². The molecule has 0 aliphatic heterocycles. The lowest BCUT2D eigenvalue weighted by Gasteiger charge is -2.14. The Bertz CT molecular complexity index is 172. The fourth-order valence-corrected chi connectivity index (χ4v) is 1.51. The summed E-state index contributed by atoms with van der Waals surface area (Å²) >= 11 is 0. The van der Waals surface area contributed by atoms with Crippen LogP contribution in [0.15, 0.2) is 0 Å². The summed E-state index contributed by atoms with van der Waals surface area (Å²) in [5.41, 5.74) is 0. The fraction of sp³-hybridized carbons (Fsp3) is 1.00. The Balaban J connectivity index is 3.68. The van der Waals surface area contributed by atoms with Crippen molar-refractivity contribution in [2.24, 2.45) is 5.92 Å². The molecule has 0 aromatic rings. The summed E-state index contributed by atoms with van der Waals surface area (Å²) in [4.78, 5) is 9.10. The Morgan fingerprint density at radius 3 is 2.46 bits per heavy atom. The molecule has 4 nitrogen and oxygen atoms in total. The molecule has 0 rings (SSSR count). The van der Waals surface area contributed by atoms with E-state index in [0.717, 1.165) is 6.42 Å². The van der Waals surface area contributed by atoms with Crippen LogP contribution in [0.5, 0.6) is 0 Å². The van der Waals surface area contributed by atoms with Crippen LogP contribution in [0.4, 0.5) is 0 Å². The Morgan fingerprint density at radius 1 is 1.38 bits per heavy atom. The molecule has 2 unspecified atom stereocenters. The van der Waals surface area contributed by atoms with Crippen molar-refractivity contribution >= 4 is 7.82 Å². The zero-order valence-electron chi connectivity index (χ0n) is 8.52. The number of rotatable bonds is 7. The minimum atomic E-state index is -3.78. The van der Waals surface area contributed by atoms with E-state index in [-0.39, 0.29) is 19.1 Å². The molecule has 1 N–H and O–H groups in total. The lowest BCUT2D eigenvalue weighted by atomic mass is 10.1. The van der Waals surface area contributed by atoms with E-state index in [0.29, 0.717) is 6.42 Å². The standard InChI is InChI=1S/C8H19O4P/c1-4-6-11-13(9,10)12-7-8(3)5-2/h8H,4-7H2,1-3H3,(H,9,10). The lowest BCUT2D eigenvalue weighted by molar-refractivity contribution is 0.133. The Kier molecular flexibility index (Phi) is 6.60. The predicted octanol–water partition coefficient (Wildman–Crippen LogP) is 2.58. The predicted molar refractivity (Wildman–Crippen MR) is 51.5 cm³/mol. The smallest absolute Gasteiger partial charge is 0.302 e. The van der Waals surface area contributed by atoms with Gasteiger partial charge in [0.1, 0.15) is 0 Å². The maximum Gasteiger partial charge on any atom is 0.472 e. The first-order chi connectivity index (χ1) is 6.02. The minimum Gasteiger partial charge on any atom is -0.302 e. The summed E-state index contributed by atoms with van der Waals surface area (Å²) in [6.07, 6.45) is 1.63. The van der Waals surface area contributed by atoms with E-state index in [2.05, 4.69) is 4.52 Å². The molecule has 80 valence electrons. The Hall–Kier alpha value is 0.110. The summed E-state index contributed by atoms with van der Waals surface area (Å²) < 4.78 is 20.5. The number of phosphoric acid groups is 1. The molecule has 0 spiro atoms. The molecule has 0 aliphatic carbocycles. The number of hydrogen-bond donors (Lipinski definition) is 1. The molecule has 0 aromatic heterocycles. The van der Waals surface area contributed by atoms with Gasteiger partial charge >= 0.3 is 7.82 Å². The maximum absolute atomic E-state index is 11.1. The van der Waals surface area contributed by atoms with Crippen LogP contribution in [-0.4, -0.2) is 18.1 Å². The van der Waals surface area contributed by atoms with Gasteiger partial charge < -0.3 is 4.89 Å². The second kappa shape index (κ2) is 6.55. The van der Waals surface area contributed by atoms with E-state index in [1.807, 2.05) is 20.8 Å². The quantitative estimate of drug-likeness (QED) is 0.656. The van der Waals surface area contributed by atoms with Crippen molar-refractivity contribution < 1.29 is 18.5 Å². The Labute approximate surface area is 79.9 Å². The van der Waals surface area contributed by atoms with Gasteiger partial charge in [0.2, 0.25) is 0 Å². The van der Waals surface area contributed by atoms with Crippen LogP contribution in [0.2, 0.25) is 0 Å². The van der Waals surface area contributed by atoms with E-state index in [1.54, 1.807) is 0 Å². The van der Waals surface area contributed by atoms with Crippen molar-refractivity contribution in [2.45, 2.75) is 33.6 Å². The molecule has 0 radical (unpaired) electrons. The summed E-state index contributed by atoms with van der Waals surface area (Å²) in [6, 6.07) is 0. The van der Waals surface area contributed by atoms with Crippen molar-refractivity contribution in [3.63, 3.8) is 0 Å². The topological polar surface area (TPSA) is 55.8 Å². The fourth-order valence-electron chi connectivity index (χ4n) is 0.583. The van der Waals surface area contributed by atoms with Crippen LogP contribution in [0, 0.1) is 5.92 Å². The van der Waals surface area contributed by atoms with Crippen molar-refractivity contribution in [3.05, 3.63) is 0 Å². The number of phosphoric ester groups is 1. The molecular weight excluding hydrogens is 191 g/mol. The SMILES string of the molecule is CCCOP(=O)(O)OCC(C)CC. The summed E-state index contributed by atoms with van der Waals surface area (Å²) in [5.74, 6) is 0.283. The van der Waals surface area contributed by atoms with E-state index in [1.165, 1.54) is 0 Å². The lowest BCUT2D eigenvalue weighted by Crippen LogP contribution is -2.05. The van der Waals surface area contributed by atoms with Gasteiger partial charge in [-0.25, -0.2) is 4.57 Å².